The Morgan fingerprint density at radius 2 is 0.879 bits per heavy atom. The van der Waals surface area contributed by atoms with Crippen LogP contribution in [0.5, 0.6) is 0 Å². The SMILES string of the molecule is CCCCCCCCCCC/C=C/CCCCC(=O)OC[C@H](COP(=O)([O-])OCC[N+](C)(C)C)OC(=O)CCCCCCCCCCCCCCCCCCCCC. The van der Waals surface area contributed by atoms with Crippen molar-refractivity contribution in [3.8, 4) is 0 Å². The van der Waals surface area contributed by atoms with E-state index in [1.807, 2.05) is 21.1 Å². The molecule has 0 spiro atoms. The van der Waals surface area contributed by atoms with Gasteiger partial charge in [-0.3, -0.25) is 14.2 Å². The quantitative estimate of drug-likeness (QED) is 0.0196. The van der Waals surface area contributed by atoms with Gasteiger partial charge in [0.15, 0.2) is 6.10 Å². The highest BCUT2D eigenvalue weighted by atomic mass is 31.2. The minimum absolute atomic E-state index is 0.0302. The summed E-state index contributed by atoms with van der Waals surface area (Å²) in [5.41, 5.74) is 0. The number of unbranched alkanes of at least 4 members (excludes halogenated alkanes) is 29. The van der Waals surface area contributed by atoms with E-state index in [2.05, 4.69) is 26.0 Å². The average molecular weight is 844 g/mol. The van der Waals surface area contributed by atoms with Crippen LogP contribution in [0.3, 0.4) is 0 Å². The van der Waals surface area contributed by atoms with Gasteiger partial charge in [0, 0.05) is 12.8 Å². The first-order valence-electron chi connectivity index (χ1n) is 24.4. The van der Waals surface area contributed by atoms with Crippen molar-refractivity contribution in [2.45, 2.75) is 238 Å². The Morgan fingerprint density at radius 1 is 0.517 bits per heavy atom. The van der Waals surface area contributed by atoms with Crippen molar-refractivity contribution in [3.63, 3.8) is 0 Å². The number of nitrogens with zero attached hydrogens (tertiary/aromatic N) is 1. The molecule has 58 heavy (non-hydrogen) atoms. The number of hydrogen-bond acceptors (Lipinski definition) is 8. The lowest BCUT2D eigenvalue weighted by Gasteiger charge is -2.28. The maximum Gasteiger partial charge on any atom is 0.306 e. The van der Waals surface area contributed by atoms with E-state index in [9.17, 15) is 19.0 Å². The van der Waals surface area contributed by atoms with Crippen molar-refractivity contribution in [3.05, 3.63) is 12.2 Å². The molecule has 0 N–H and O–H groups in total. The highest BCUT2D eigenvalue weighted by Gasteiger charge is 2.21. The summed E-state index contributed by atoms with van der Waals surface area (Å²) in [6.45, 7) is 4.24. The third-order valence-corrected chi connectivity index (χ3v) is 11.7. The second-order valence-electron chi connectivity index (χ2n) is 17.8. The molecular weight excluding hydrogens is 750 g/mol. The molecule has 2 atom stereocenters. The summed E-state index contributed by atoms with van der Waals surface area (Å²) in [5.74, 6) is -0.847. The molecule has 0 fully saturated rings. The average Bonchev–Trinajstić information content (AvgIpc) is 3.17. The summed E-state index contributed by atoms with van der Waals surface area (Å²) in [7, 11) is 1.17. The fraction of sp³-hybridized carbons (Fsp3) is 0.917. The summed E-state index contributed by atoms with van der Waals surface area (Å²) in [6, 6.07) is 0. The summed E-state index contributed by atoms with van der Waals surface area (Å²) in [5, 5.41) is 0. The largest absolute Gasteiger partial charge is 0.756 e. The van der Waals surface area contributed by atoms with E-state index in [4.69, 9.17) is 18.5 Å². The zero-order valence-corrected chi connectivity index (χ0v) is 39.7. The van der Waals surface area contributed by atoms with E-state index < -0.39 is 32.5 Å². The molecule has 0 heterocycles. The fourth-order valence-corrected chi connectivity index (χ4v) is 7.67. The summed E-state index contributed by atoms with van der Waals surface area (Å²) >= 11 is 0. The molecule has 9 nitrogen and oxygen atoms in total. The third-order valence-electron chi connectivity index (χ3n) is 10.8. The van der Waals surface area contributed by atoms with Crippen LogP contribution in [0.2, 0.25) is 0 Å². The van der Waals surface area contributed by atoms with Crippen LogP contribution in [0.4, 0.5) is 0 Å². The molecule has 0 saturated carbocycles. The minimum atomic E-state index is -4.63. The van der Waals surface area contributed by atoms with Crippen molar-refractivity contribution in [1.82, 2.24) is 0 Å². The predicted molar refractivity (Wildman–Crippen MR) is 241 cm³/mol. The van der Waals surface area contributed by atoms with Crippen molar-refractivity contribution >= 4 is 19.8 Å². The number of phosphoric acid groups is 1. The van der Waals surface area contributed by atoms with Crippen LogP contribution in [0, 0.1) is 0 Å². The maximum atomic E-state index is 12.7. The highest BCUT2D eigenvalue weighted by Crippen LogP contribution is 2.38. The highest BCUT2D eigenvalue weighted by molar-refractivity contribution is 7.45. The molecule has 10 heteroatoms. The molecule has 344 valence electrons. The normalized spacial score (nSPS) is 13.6. The van der Waals surface area contributed by atoms with Crippen molar-refractivity contribution in [2.24, 2.45) is 0 Å². The number of ether oxygens (including phenoxy) is 2. The topological polar surface area (TPSA) is 111 Å². The zero-order valence-electron chi connectivity index (χ0n) is 38.8. The summed E-state index contributed by atoms with van der Waals surface area (Å²) in [6.07, 6.45) is 43.8. The van der Waals surface area contributed by atoms with Gasteiger partial charge in [0.1, 0.15) is 19.8 Å². The monoisotopic (exact) mass is 844 g/mol. The number of hydrogen-bond donors (Lipinski definition) is 0. The Bertz CT molecular complexity index is 1000. The molecule has 1 unspecified atom stereocenters. The Labute approximate surface area is 358 Å². The second-order valence-corrected chi connectivity index (χ2v) is 19.2. The number of carbonyl (C=O) groups is 2. The molecular formula is C48H94NO8P. The van der Waals surface area contributed by atoms with Gasteiger partial charge in [0.05, 0.1) is 27.7 Å². The Balaban J connectivity index is 4.27. The number of rotatable bonds is 45. The predicted octanol–water partition coefficient (Wildman–Crippen LogP) is 13.5. The van der Waals surface area contributed by atoms with E-state index in [1.54, 1.807) is 0 Å². The molecule has 0 aliphatic heterocycles. The lowest BCUT2D eigenvalue weighted by molar-refractivity contribution is -0.870. The van der Waals surface area contributed by atoms with Crippen molar-refractivity contribution in [2.75, 3.05) is 47.5 Å². The number of phosphoric ester groups is 1. The molecule has 0 bridgehead atoms. The number of likely N-dealkylation sites (N-methyl/N-ethyl adjacent to an activating group) is 1. The van der Waals surface area contributed by atoms with Gasteiger partial charge < -0.3 is 27.9 Å². The lowest BCUT2D eigenvalue weighted by Crippen LogP contribution is -2.37. The van der Waals surface area contributed by atoms with Gasteiger partial charge in [-0.2, -0.15) is 0 Å². The molecule has 0 aromatic rings. The summed E-state index contributed by atoms with van der Waals surface area (Å²) < 4.78 is 34.0. The molecule has 0 saturated heterocycles. The first kappa shape index (κ1) is 56.8. The van der Waals surface area contributed by atoms with Gasteiger partial charge in [-0.15, -0.1) is 0 Å². The van der Waals surface area contributed by atoms with Crippen LogP contribution in [0.15, 0.2) is 12.2 Å². The smallest absolute Gasteiger partial charge is 0.306 e. The van der Waals surface area contributed by atoms with Gasteiger partial charge in [0.25, 0.3) is 7.82 Å². The maximum absolute atomic E-state index is 12.7. The Hall–Kier alpha value is -1.25. The van der Waals surface area contributed by atoms with Gasteiger partial charge in [-0.05, 0) is 38.5 Å². The van der Waals surface area contributed by atoms with Crippen LogP contribution >= 0.6 is 7.82 Å². The van der Waals surface area contributed by atoms with Crippen molar-refractivity contribution < 1.29 is 42.1 Å². The Kier molecular flexibility index (Phi) is 40.2. The molecule has 0 aromatic heterocycles. The number of allylic oxidation sites excluding steroid dienone is 2. The van der Waals surface area contributed by atoms with Crippen LogP contribution in [-0.4, -0.2) is 70.0 Å². The van der Waals surface area contributed by atoms with E-state index in [1.165, 1.54) is 161 Å². The van der Waals surface area contributed by atoms with Gasteiger partial charge in [-0.1, -0.05) is 193 Å². The fourth-order valence-electron chi connectivity index (χ4n) is 6.95. The molecule has 0 aliphatic rings. The van der Waals surface area contributed by atoms with Crippen LogP contribution in [0.1, 0.15) is 232 Å². The van der Waals surface area contributed by atoms with E-state index in [0.29, 0.717) is 23.9 Å². The van der Waals surface area contributed by atoms with E-state index in [0.717, 1.165) is 32.1 Å². The first-order chi connectivity index (χ1) is 28.0. The minimum Gasteiger partial charge on any atom is -0.756 e. The number of carbonyl (C=O) groups excluding carboxylic acids is 2. The van der Waals surface area contributed by atoms with E-state index in [-0.39, 0.29) is 26.1 Å². The third kappa shape index (κ3) is 44.3. The second kappa shape index (κ2) is 41.1. The standard InChI is InChI=1S/C48H94NO8P/c1-6-8-10-12-14-16-18-20-22-23-24-25-27-29-31-33-35-37-39-41-48(51)57-46(45-56-58(52,53)55-43-42-49(3,4)5)44-54-47(50)40-38-36-34-32-30-28-26-21-19-17-15-13-11-9-7-2/h30,32,46H,6-29,31,33-45H2,1-5H3/b32-30+/t46-/m1/s1. The molecule has 0 aromatic carbocycles. The molecule has 0 amide bonds. The van der Waals surface area contributed by atoms with Gasteiger partial charge >= 0.3 is 11.9 Å². The van der Waals surface area contributed by atoms with Crippen LogP contribution in [-0.2, 0) is 32.7 Å². The summed E-state index contributed by atoms with van der Waals surface area (Å²) in [4.78, 5) is 37.6. The van der Waals surface area contributed by atoms with Gasteiger partial charge in [-0.25, -0.2) is 0 Å². The van der Waals surface area contributed by atoms with Gasteiger partial charge in [0.2, 0.25) is 0 Å². The Morgan fingerprint density at radius 3 is 1.31 bits per heavy atom. The van der Waals surface area contributed by atoms with Crippen LogP contribution < -0.4 is 4.89 Å². The van der Waals surface area contributed by atoms with Crippen molar-refractivity contribution in [1.29, 1.82) is 0 Å². The number of esters is 2. The first-order valence-corrected chi connectivity index (χ1v) is 25.9. The molecule has 0 rings (SSSR count). The number of quaternary nitrogens is 1. The molecule has 0 aliphatic carbocycles. The molecule has 0 radical (unpaired) electrons. The van der Waals surface area contributed by atoms with Crippen LogP contribution in [0.25, 0.3) is 0 Å². The van der Waals surface area contributed by atoms with E-state index >= 15 is 0 Å². The zero-order chi connectivity index (χ0) is 42.8. The lowest BCUT2D eigenvalue weighted by atomic mass is 10.0.